The van der Waals surface area contributed by atoms with Crippen molar-refractivity contribution in [2.45, 2.75) is 50.6 Å². The summed E-state index contributed by atoms with van der Waals surface area (Å²) in [5, 5.41) is 6.56. The maximum Gasteiger partial charge on any atom is 0.220 e. The van der Waals surface area contributed by atoms with E-state index in [1.165, 1.54) is 25.0 Å². The zero-order chi connectivity index (χ0) is 14.7. The van der Waals surface area contributed by atoms with Crippen LogP contribution < -0.4 is 10.6 Å². The molecule has 0 spiro atoms. The summed E-state index contributed by atoms with van der Waals surface area (Å²) in [6.45, 7) is 0.583. The zero-order valence-electron chi connectivity index (χ0n) is 12.7. The zero-order valence-corrected chi connectivity index (χ0v) is 13.5. The fraction of sp³-hybridized carbons (Fsp3) is 0.588. The van der Waals surface area contributed by atoms with Gasteiger partial charge in [-0.25, -0.2) is 4.39 Å². The number of halogens is 2. The summed E-state index contributed by atoms with van der Waals surface area (Å²) in [4.78, 5) is 12.0. The normalized spacial score (nSPS) is 26.3. The van der Waals surface area contributed by atoms with Crippen molar-refractivity contribution in [1.29, 1.82) is 0 Å². The van der Waals surface area contributed by atoms with E-state index in [1.807, 2.05) is 6.07 Å². The van der Waals surface area contributed by atoms with E-state index in [0.717, 1.165) is 18.4 Å². The van der Waals surface area contributed by atoms with Gasteiger partial charge in [0.2, 0.25) is 5.91 Å². The lowest BCUT2D eigenvalue weighted by atomic mass is 9.89. The molecule has 0 aliphatic carbocycles. The average Bonchev–Trinajstić information content (AvgIpc) is 2.78. The molecule has 0 radical (unpaired) electrons. The number of fused-ring (bicyclic) bond motifs is 2. The summed E-state index contributed by atoms with van der Waals surface area (Å²) in [7, 11) is 0. The highest BCUT2D eigenvalue weighted by molar-refractivity contribution is 5.85. The van der Waals surface area contributed by atoms with Gasteiger partial charge in [-0.3, -0.25) is 4.79 Å². The lowest BCUT2D eigenvalue weighted by Gasteiger charge is -2.28. The van der Waals surface area contributed by atoms with Crippen LogP contribution in [0.15, 0.2) is 24.3 Å². The van der Waals surface area contributed by atoms with Gasteiger partial charge in [0.15, 0.2) is 0 Å². The molecule has 1 aromatic rings. The van der Waals surface area contributed by atoms with Gasteiger partial charge in [-0.15, -0.1) is 12.4 Å². The fourth-order valence-corrected chi connectivity index (χ4v) is 3.71. The lowest BCUT2D eigenvalue weighted by molar-refractivity contribution is -0.122. The number of amides is 1. The van der Waals surface area contributed by atoms with Crippen molar-refractivity contribution in [1.82, 2.24) is 10.6 Å². The Labute approximate surface area is 137 Å². The molecule has 3 rings (SSSR count). The van der Waals surface area contributed by atoms with E-state index in [4.69, 9.17) is 0 Å². The molecule has 2 bridgehead atoms. The van der Waals surface area contributed by atoms with Gasteiger partial charge in [0.25, 0.3) is 0 Å². The molecule has 3 nitrogen and oxygen atoms in total. The molecule has 122 valence electrons. The van der Waals surface area contributed by atoms with Gasteiger partial charge in [-0.2, -0.15) is 0 Å². The molecule has 22 heavy (non-hydrogen) atoms. The third-order valence-corrected chi connectivity index (χ3v) is 4.67. The van der Waals surface area contributed by atoms with E-state index in [0.29, 0.717) is 37.4 Å². The van der Waals surface area contributed by atoms with Gasteiger partial charge < -0.3 is 10.6 Å². The first-order valence-corrected chi connectivity index (χ1v) is 7.96. The van der Waals surface area contributed by atoms with Crippen LogP contribution in [0.2, 0.25) is 0 Å². The molecule has 2 atom stereocenters. The fourth-order valence-electron chi connectivity index (χ4n) is 3.71. The van der Waals surface area contributed by atoms with Crippen LogP contribution in [0.4, 0.5) is 4.39 Å². The van der Waals surface area contributed by atoms with Crippen molar-refractivity contribution in [3.63, 3.8) is 0 Å². The van der Waals surface area contributed by atoms with Crippen LogP contribution in [0.5, 0.6) is 0 Å². The van der Waals surface area contributed by atoms with Crippen molar-refractivity contribution in [2.24, 2.45) is 5.92 Å². The number of benzene rings is 1. The summed E-state index contributed by atoms with van der Waals surface area (Å²) in [5.74, 6) is 0.444. The van der Waals surface area contributed by atoms with Crippen LogP contribution in [0.1, 0.15) is 37.7 Å². The molecule has 2 aliphatic heterocycles. The first kappa shape index (κ1) is 17.2. The van der Waals surface area contributed by atoms with Crippen LogP contribution in [0, 0.1) is 11.7 Å². The van der Waals surface area contributed by atoms with Gasteiger partial charge in [-0.05, 0) is 55.7 Å². The average molecular weight is 327 g/mol. The Balaban J connectivity index is 0.00000176. The maximum absolute atomic E-state index is 13.0. The lowest BCUT2D eigenvalue weighted by Crippen LogP contribution is -2.39. The number of piperidine rings is 1. The molecule has 1 aromatic carbocycles. The highest BCUT2D eigenvalue weighted by Gasteiger charge is 2.33. The summed E-state index contributed by atoms with van der Waals surface area (Å²) in [6, 6.07) is 7.82. The number of hydrogen-bond acceptors (Lipinski definition) is 2. The predicted molar refractivity (Wildman–Crippen MR) is 87.6 cm³/mol. The van der Waals surface area contributed by atoms with Gasteiger partial charge in [0.05, 0.1) is 0 Å². The molecule has 0 saturated carbocycles. The second-order valence-corrected chi connectivity index (χ2v) is 6.41. The van der Waals surface area contributed by atoms with Crippen LogP contribution in [-0.4, -0.2) is 24.5 Å². The van der Waals surface area contributed by atoms with Crippen LogP contribution in [0.25, 0.3) is 0 Å². The Morgan fingerprint density at radius 3 is 2.68 bits per heavy atom. The molecule has 2 aliphatic rings. The van der Waals surface area contributed by atoms with Gasteiger partial charge in [0.1, 0.15) is 5.82 Å². The van der Waals surface area contributed by atoms with Crippen LogP contribution >= 0.6 is 12.4 Å². The largest absolute Gasteiger partial charge is 0.356 e. The molecule has 5 heteroatoms. The molecule has 2 N–H and O–H groups in total. The van der Waals surface area contributed by atoms with Crippen LogP contribution in [-0.2, 0) is 11.2 Å². The third-order valence-electron chi connectivity index (χ3n) is 4.67. The first-order chi connectivity index (χ1) is 10.2. The Hall–Kier alpha value is -1.13. The van der Waals surface area contributed by atoms with E-state index in [-0.39, 0.29) is 24.1 Å². The summed E-state index contributed by atoms with van der Waals surface area (Å²) < 4.78 is 13.0. The number of rotatable bonds is 5. The van der Waals surface area contributed by atoms with E-state index in [2.05, 4.69) is 10.6 Å². The topological polar surface area (TPSA) is 41.1 Å². The Morgan fingerprint density at radius 2 is 2.00 bits per heavy atom. The van der Waals surface area contributed by atoms with E-state index in [9.17, 15) is 9.18 Å². The van der Waals surface area contributed by atoms with E-state index >= 15 is 0 Å². The second kappa shape index (κ2) is 7.93. The minimum absolute atomic E-state index is 0. The monoisotopic (exact) mass is 326 g/mol. The number of carbonyl (C=O) groups is 1. The number of nitrogens with one attached hydrogen (secondary N) is 2. The number of carbonyl (C=O) groups excluding carboxylic acids is 1. The molecule has 2 unspecified atom stereocenters. The summed E-state index contributed by atoms with van der Waals surface area (Å²) in [5.41, 5.74) is 0.926. The SMILES string of the molecule is Cl.O=C(CC1CC2CCC(C1)N2)NCCc1cccc(F)c1. The van der Waals surface area contributed by atoms with Crippen molar-refractivity contribution >= 4 is 18.3 Å². The number of hydrogen-bond donors (Lipinski definition) is 2. The molecular weight excluding hydrogens is 303 g/mol. The maximum atomic E-state index is 13.0. The third kappa shape index (κ3) is 4.68. The van der Waals surface area contributed by atoms with Gasteiger partial charge in [0, 0.05) is 25.0 Å². The Kier molecular flexibility index (Phi) is 6.21. The van der Waals surface area contributed by atoms with Gasteiger partial charge in [-0.1, -0.05) is 12.1 Å². The minimum atomic E-state index is -0.219. The second-order valence-electron chi connectivity index (χ2n) is 6.41. The molecule has 2 saturated heterocycles. The smallest absolute Gasteiger partial charge is 0.220 e. The van der Waals surface area contributed by atoms with Crippen molar-refractivity contribution in [3.05, 3.63) is 35.6 Å². The highest BCUT2D eigenvalue weighted by atomic mass is 35.5. The van der Waals surface area contributed by atoms with Gasteiger partial charge >= 0.3 is 0 Å². The van der Waals surface area contributed by atoms with E-state index < -0.39 is 0 Å². The summed E-state index contributed by atoms with van der Waals surface area (Å²) in [6.07, 6.45) is 6.12. The minimum Gasteiger partial charge on any atom is -0.356 e. The van der Waals surface area contributed by atoms with Crippen molar-refractivity contribution in [3.8, 4) is 0 Å². The molecule has 1 amide bonds. The Bertz CT molecular complexity index is 499. The molecular formula is C17H24ClFN2O. The summed E-state index contributed by atoms with van der Waals surface area (Å²) >= 11 is 0. The van der Waals surface area contributed by atoms with Crippen molar-refractivity contribution in [2.75, 3.05) is 6.54 Å². The molecule has 2 heterocycles. The van der Waals surface area contributed by atoms with E-state index in [1.54, 1.807) is 6.07 Å². The Morgan fingerprint density at radius 1 is 1.27 bits per heavy atom. The highest BCUT2D eigenvalue weighted by Crippen LogP contribution is 2.32. The molecule has 0 aromatic heterocycles. The van der Waals surface area contributed by atoms with Crippen molar-refractivity contribution < 1.29 is 9.18 Å². The molecule has 2 fully saturated rings. The predicted octanol–water partition coefficient (Wildman–Crippen LogP) is 2.83. The van der Waals surface area contributed by atoms with Crippen LogP contribution in [0.3, 0.4) is 0 Å². The first-order valence-electron chi connectivity index (χ1n) is 7.96. The standard InChI is InChI=1S/C17H23FN2O.ClH/c18-14-3-1-2-12(8-14)6-7-19-17(21)11-13-9-15-4-5-16(10-13)20-15;/h1-3,8,13,15-16,20H,4-7,9-11H2,(H,19,21);1H. The quantitative estimate of drug-likeness (QED) is 0.873.